The van der Waals surface area contributed by atoms with Gasteiger partial charge in [0, 0.05) is 51.2 Å². The van der Waals surface area contributed by atoms with Crippen LogP contribution < -0.4 is 0 Å². The second-order valence-corrected chi connectivity index (χ2v) is 7.03. The zero-order chi connectivity index (χ0) is 17.3. The van der Waals surface area contributed by atoms with Gasteiger partial charge in [0.2, 0.25) is 0 Å². The molecule has 0 spiro atoms. The van der Waals surface area contributed by atoms with E-state index in [-0.39, 0.29) is 5.78 Å². The van der Waals surface area contributed by atoms with Gasteiger partial charge in [0.1, 0.15) is 0 Å². The van der Waals surface area contributed by atoms with E-state index in [2.05, 4.69) is 9.97 Å². The summed E-state index contributed by atoms with van der Waals surface area (Å²) in [7, 11) is -1.02. The fourth-order valence-electron chi connectivity index (χ4n) is 2.87. The van der Waals surface area contributed by atoms with E-state index in [0.29, 0.717) is 5.56 Å². The van der Waals surface area contributed by atoms with Crippen molar-refractivity contribution in [1.82, 2.24) is 9.97 Å². The SMILES string of the molecule is CC(=O)c1c(-c2ccc(S(C)=O)cc2)[nH]c(-c2ccncc2)c1C. The molecule has 1 aromatic carbocycles. The van der Waals surface area contributed by atoms with E-state index in [0.717, 1.165) is 33.0 Å². The number of aromatic amines is 1. The Morgan fingerprint density at radius 2 is 1.58 bits per heavy atom. The highest BCUT2D eigenvalue weighted by atomic mass is 32.2. The maximum atomic E-state index is 12.2. The smallest absolute Gasteiger partial charge is 0.162 e. The number of benzene rings is 1. The van der Waals surface area contributed by atoms with E-state index >= 15 is 0 Å². The van der Waals surface area contributed by atoms with Crippen molar-refractivity contribution in [3.05, 3.63) is 59.9 Å². The summed E-state index contributed by atoms with van der Waals surface area (Å²) in [4.78, 5) is 20.4. The van der Waals surface area contributed by atoms with Crippen LogP contribution in [0.1, 0.15) is 22.8 Å². The molecular formula is C19H18N2O2S. The van der Waals surface area contributed by atoms with E-state index < -0.39 is 10.8 Å². The van der Waals surface area contributed by atoms with Gasteiger partial charge in [-0.15, -0.1) is 0 Å². The minimum atomic E-state index is -1.02. The average Bonchev–Trinajstić information content (AvgIpc) is 2.93. The Balaban J connectivity index is 2.17. The molecule has 2 heterocycles. The van der Waals surface area contributed by atoms with Gasteiger partial charge in [0.15, 0.2) is 5.78 Å². The fraction of sp³-hybridized carbons (Fsp3) is 0.158. The van der Waals surface area contributed by atoms with Crippen LogP contribution in [0.15, 0.2) is 53.7 Å². The standard InChI is InChI=1S/C19H18N2O2S/c1-12-17(13(2)22)19(14-4-6-16(7-5-14)24(3)23)21-18(12)15-8-10-20-11-9-15/h4-11,21H,1-3H3. The molecular weight excluding hydrogens is 320 g/mol. The summed E-state index contributed by atoms with van der Waals surface area (Å²) in [5, 5.41) is 0. The summed E-state index contributed by atoms with van der Waals surface area (Å²) >= 11 is 0. The van der Waals surface area contributed by atoms with Crippen LogP contribution in [0.25, 0.3) is 22.5 Å². The third kappa shape index (κ3) is 2.95. The maximum Gasteiger partial charge on any atom is 0.162 e. The zero-order valence-electron chi connectivity index (χ0n) is 13.8. The number of Topliss-reactive ketones (excluding diaryl/α,β-unsaturated/α-hetero) is 1. The van der Waals surface area contributed by atoms with E-state index in [1.165, 1.54) is 0 Å². The van der Waals surface area contributed by atoms with Crippen LogP contribution in [-0.2, 0) is 10.8 Å². The van der Waals surface area contributed by atoms with Crippen LogP contribution in [-0.4, -0.2) is 26.2 Å². The van der Waals surface area contributed by atoms with Crippen molar-refractivity contribution in [2.24, 2.45) is 0 Å². The highest BCUT2D eigenvalue weighted by Gasteiger charge is 2.19. The van der Waals surface area contributed by atoms with Crippen molar-refractivity contribution in [3.63, 3.8) is 0 Å². The molecule has 0 aliphatic rings. The molecule has 0 saturated carbocycles. The first-order valence-corrected chi connectivity index (χ1v) is 9.12. The van der Waals surface area contributed by atoms with Gasteiger partial charge in [-0.3, -0.25) is 14.0 Å². The van der Waals surface area contributed by atoms with E-state index in [4.69, 9.17) is 0 Å². The van der Waals surface area contributed by atoms with E-state index in [9.17, 15) is 9.00 Å². The summed E-state index contributed by atoms with van der Waals surface area (Å²) < 4.78 is 11.6. The zero-order valence-corrected chi connectivity index (χ0v) is 14.6. The topological polar surface area (TPSA) is 62.8 Å². The minimum Gasteiger partial charge on any atom is -0.354 e. The lowest BCUT2D eigenvalue weighted by Gasteiger charge is -2.04. The van der Waals surface area contributed by atoms with Crippen molar-refractivity contribution < 1.29 is 9.00 Å². The Hall–Kier alpha value is -2.53. The van der Waals surface area contributed by atoms with Gasteiger partial charge in [0.05, 0.1) is 5.69 Å². The predicted molar refractivity (Wildman–Crippen MR) is 96.5 cm³/mol. The number of hydrogen-bond acceptors (Lipinski definition) is 3. The normalized spacial score (nSPS) is 12.1. The molecule has 3 rings (SSSR count). The number of pyridine rings is 1. The summed E-state index contributed by atoms with van der Waals surface area (Å²) in [6, 6.07) is 11.3. The summed E-state index contributed by atoms with van der Waals surface area (Å²) in [6.45, 7) is 3.52. The molecule has 122 valence electrons. The molecule has 0 fully saturated rings. The first-order valence-electron chi connectivity index (χ1n) is 7.56. The van der Waals surface area contributed by atoms with Crippen molar-refractivity contribution in [2.75, 3.05) is 6.26 Å². The van der Waals surface area contributed by atoms with Crippen LogP contribution in [0.5, 0.6) is 0 Å². The number of nitrogens with one attached hydrogen (secondary N) is 1. The summed E-state index contributed by atoms with van der Waals surface area (Å²) in [5.74, 6) is 0.0159. The Morgan fingerprint density at radius 3 is 2.12 bits per heavy atom. The molecule has 0 aliphatic heterocycles. The number of aromatic nitrogens is 2. The minimum absolute atomic E-state index is 0.0159. The van der Waals surface area contributed by atoms with Gasteiger partial charge < -0.3 is 4.98 Å². The van der Waals surface area contributed by atoms with Crippen LogP contribution in [0.4, 0.5) is 0 Å². The predicted octanol–water partition coefficient (Wildman–Crippen LogP) is 3.99. The van der Waals surface area contributed by atoms with E-state index in [1.807, 2.05) is 43.3 Å². The molecule has 4 nitrogen and oxygen atoms in total. The van der Waals surface area contributed by atoms with Crippen LogP contribution >= 0.6 is 0 Å². The number of H-pyrrole nitrogens is 1. The largest absolute Gasteiger partial charge is 0.354 e. The van der Waals surface area contributed by atoms with Crippen LogP contribution in [0.3, 0.4) is 0 Å². The lowest BCUT2D eigenvalue weighted by Crippen LogP contribution is -1.96. The van der Waals surface area contributed by atoms with Gasteiger partial charge in [-0.05, 0) is 49.2 Å². The number of carbonyl (C=O) groups excluding carboxylic acids is 1. The highest BCUT2D eigenvalue weighted by molar-refractivity contribution is 7.84. The molecule has 2 aromatic heterocycles. The molecule has 0 amide bonds. The maximum absolute atomic E-state index is 12.2. The van der Waals surface area contributed by atoms with Crippen molar-refractivity contribution in [2.45, 2.75) is 18.7 Å². The Kier molecular flexibility index (Phi) is 4.44. The Morgan fingerprint density at radius 1 is 1.00 bits per heavy atom. The van der Waals surface area contributed by atoms with Crippen molar-refractivity contribution >= 4 is 16.6 Å². The number of nitrogens with zero attached hydrogens (tertiary/aromatic N) is 1. The molecule has 0 bridgehead atoms. The Labute approximate surface area is 143 Å². The quantitative estimate of drug-likeness (QED) is 0.732. The molecule has 3 aromatic rings. The van der Waals surface area contributed by atoms with Crippen molar-refractivity contribution in [1.29, 1.82) is 0 Å². The first-order chi connectivity index (χ1) is 11.5. The average molecular weight is 338 g/mol. The molecule has 5 heteroatoms. The molecule has 24 heavy (non-hydrogen) atoms. The third-order valence-corrected chi connectivity index (χ3v) is 4.98. The van der Waals surface area contributed by atoms with Gasteiger partial charge in [-0.1, -0.05) is 12.1 Å². The third-order valence-electron chi connectivity index (χ3n) is 4.05. The molecule has 1 atom stereocenters. The Bertz CT molecular complexity index is 913. The van der Waals surface area contributed by atoms with Gasteiger partial charge in [0.25, 0.3) is 0 Å². The molecule has 0 radical (unpaired) electrons. The monoisotopic (exact) mass is 338 g/mol. The van der Waals surface area contributed by atoms with Gasteiger partial charge >= 0.3 is 0 Å². The van der Waals surface area contributed by atoms with E-state index in [1.54, 1.807) is 25.6 Å². The second-order valence-electron chi connectivity index (χ2n) is 5.65. The highest BCUT2D eigenvalue weighted by Crippen LogP contribution is 2.33. The first kappa shape index (κ1) is 16.3. The van der Waals surface area contributed by atoms with Crippen molar-refractivity contribution in [3.8, 4) is 22.5 Å². The summed E-state index contributed by atoms with van der Waals surface area (Å²) in [6.07, 6.45) is 5.11. The lowest BCUT2D eigenvalue weighted by molar-refractivity contribution is 0.101. The fourth-order valence-corrected chi connectivity index (χ4v) is 3.39. The number of ketones is 1. The molecule has 0 aliphatic carbocycles. The second kappa shape index (κ2) is 6.53. The van der Waals surface area contributed by atoms with Crippen LogP contribution in [0, 0.1) is 6.92 Å². The van der Waals surface area contributed by atoms with Crippen LogP contribution in [0.2, 0.25) is 0 Å². The molecule has 1 N–H and O–H groups in total. The molecule has 1 unspecified atom stereocenters. The van der Waals surface area contributed by atoms with Gasteiger partial charge in [-0.25, -0.2) is 0 Å². The summed E-state index contributed by atoms with van der Waals surface area (Å²) in [5.41, 5.74) is 5.21. The lowest BCUT2D eigenvalue weighted by atomic mass is 10.0. The number of rotatable bonds is 4. The number of carbonyl (C=O) groups is 1. The van der Waals surface area contributed by atoms with Gasteiger partial charge in [-0.2, -0.15) is 0 Å². The number of hydrogen-bond donors (Lipinski definition) is 1. The molecule has 0 saturated heterocycles.